The highest BCUT2D eigenvalue weighted by Crippen LogP contribution is 2.46. The van der Waals surface area contributed by atoms with Crippen molar-refractivity contribution in [2.45, 2.75) is 48.4 Å². The number of halogens is 7. The van der Waals surface area contributed by atoms with Crippen LogP contribution in [0.4, 0.5) is 30.7 Å². The van der Waals surface area contributed by atoms with Crippen molar-refractivity contribution in [1.29, 1.82) is 0 Å². The fourth-order valence-electron chi connectivity index (χ4n) is 2.34. The summed E-state index contributed by atoms with van der Waals surface area (Å²) >= 11 is 0. The molecule has 0 aromatic rings. The van der Waals surface area contributed by atoms with Gasteiger partial charge in [0.1, 0.15) is 18.3 Å². The summed E-state index contributed by atoms with van der Waals surface area (Å²) in [5, 5.41) is 41.1. The van der Waals surface area contributed by atoms with Crippen LogP contribution in [-0.4, -0.2) is 87.3 Å². The number of carboxylic acids is 1. The van der Waals surface area contributed by atoms with Crippen LogP contribution in [0.2, 0.25) is 0 Å². The standard InChI is InChI=1S/C13H13F7N4O7/c14-11(15,12(16,17)13(18,19)20)10(30)22-6-3(23-24-21)1-5(9(28)29)31-8(6)7(27)4(26)2-25/h1,3-4,6-8,25-27H,2H2,(H,22,30)(H,28,29)/t3-,4+,6-,7-,8+/m0/s1. The van der Waals surface area contributed by atoms with Gasteiger partial charge in [-0.05, 0) is 11.6 Å². The normalized spacial score (nSPS) is 24.2. The van der Waals surface area contributed by atoms with Gasteiger partial charge in [-0.25, -0.2) is 4.79 Å². The molecule has 18 heteroatoms. The van der Waals surface area contributed by atoms with E-state index in [4.69, 9.17) is 15.7 Å². The Kier molecular flexibility index (Phi) is 7.72. The summed E-state index contributed by atoms with van der Waals surface area (Å²) in [7, 11) is 0. The number of hydrogen-bond acceptors (Lipinski definition) is 7. The van der Waals surface area contributed by atoms with E-state index in [1.807, 2.05) is 0 Å². The minimum absolute atomic E-state index is 0.377. The molecule has 0 fully saturated rings. The summed E-state index contributed by atoms with van der Waals surface area (Å²) in [6, 6.07) is -4.45. The zero-order valence-electron chi connectivity index (χ0n) is 14.7. The van der Waals surface area contributed by atoms with Crippen molar-refractivity contribution >= 4 is 11.9 Å². The molecular formula is C13H13F7N4O7. The van der Waals surface area contributed by atoms with E-state index in [-0.39, 0.29) is 0 Å². The first kappa shape index (κ1) is 26.2. The maximum Gasteiger partial charge on any atom is 0.460 e. The third-order valence-corrected chi connectivity index (χ3v) is 3.95. The fraction of sp³-hybridized carbons (Fsp3) is 0.692. The molecule has 5 atom stereocenters. The van der Waals surface area contributed by atoms with Crippen LogP contribution in [-0.2, 0) is 14.3 Å². The number of hydrogen-bond donors (Lipinski definition) is 5. The highest BCUT2D eigenvalue weighted by molar-refractivity contribution is 5.86. The molecule has 1 aliphatic rings. The van der Waals surface area contributed by atoms with Crippen LogP contribution >= 0.6 is 0 Å². The van der Waals surface area contributed by atoms with E-state index in [1.54, 1.807) is 0 Å². The number of carbonyl (C=O) groups excluding carboxylic acids is 1. The molecule has 0 saturated heterocycles. The fourth-order valence-corrected chi connectivity index (χ4v) is 2.34. The Morgan fingerprint density at radius 2 is 1.77 bits per heavy atom. The van der Waals surface area contributed by atoms with Gasteiger partial charge in [0, 0.05) is 4.91 Å². The Balaban J connectivity index is 3.45. The van der Waals surface area contributed by atoms with Crippen molar-refractivity contribution < 1.29 is 65.5 Å². The average molecular weight is 470 g/mol. The van der Waals surface area contributed by atoms with Gasteiger partial charge in [0.2, 0.25) is 5.76 Å². The monoisotopic (exact) mass is 470 g/mol. The number of alkyl halides is 7. The lowest BCUT2D eigenvalue weighted by Crippen LogP contribution is -2.65. The van der Waals surface area contributed by atoms with Gasteiger partial charge in [-0.1, -0.05) is 5.11 Å². The topological polar surface area (TPSA) is 185 Å². The number of nitrogens with one attached hydrogen (secondary N) is 1. The lowest BCUT2D eigenvalue weighted by atomic mass is 9.92. The number of nitrogens with zero attached hydrogens (tertiary/aromatic N) is 3. The Labute approximate surface area is 166 Å². The van der Waals surface area contributed by atoms with Crippen LogP contribution < -0.4 is 5.32 Å². The largest absolute Gasteiger partial charge is 0.478 e. The number of aliphatic hydroxyl groups excluding tert-OH is 3. The van der Waals surface area contributed by atoms with E-state index >= 15 is 0 Å². The highest BCUT2D eigenvalue weighted by Gasteiger charge is 2.76. The van der Waals surface area contributed by atoms with Crippen molar-refractivity contribution in [3.63, 3.8) is 0 Å². The molecule has 0 unspecified atom stereocenters. The Morgan fingerprint density at radius 1 is 1.23 bits per heavy atom. The number of aliphatic carboxylic acids is 1. The number of carboxylic acid groups (broad SMARTS) is 1. The number of aliphatic hydroxyl groups is 3. The molecule has 1 amide bonds. The summed E-state index contributed by atoms with van der Waals surface area (Å²) in [6.45, 7) is -1.25. The molecule has 0 radical (unpaired) electrons. The number of amides is 1. The van der Waals surface area contributed by atoms with Gasteiger partial charge in [-0.15, -0.1) is 0 Å². The van der Waals surface area contributed by atoms with Crippen LogP contribution in [0.25, 0.3) is 10.4 Å². The molecular weight excluding hydrogens is 457 g/mol. The van der Waals surface area contributed by atoms with Crippen molar-refractivity contribution in [2.75, 3.05) is 6.61 Å². The van der Waals surface area contributed by atoms with Crippen LogP contribution in [0.15, 0.2) is 16.9 Å². The van der Waals surface area contributed by atoms with E-state index in [0.29, 0.717) is 6.08 Å². The molecule has 1 heterocycles. The molecule has 0 aromatic heterocycles. The first-order valence-corrected chi connectivity index (χ1v) is 7.79. The van der Waals surface area contributed by atoms with Crippen molar-refractivity contribution in [2.24, 2.45) is 5.11 Å². The van der Waals surface area contributed by atoms with Crippen molar-refractivity contribution in [3.05, 3.63) is 22.3 Å². The zero-order chi connectivity index (χ0) is 24.4. The molecule has 31 heavy (non-hydrogen) atoms. The van der Waals surface area contributed by atoms with E-state index in [0.717, 1.165) is 5.32 Å². The zero-order valence-corrected chi connectivity index (χ0v) is 14.7. The first-order valence-electron chi connectivity index (χ1n) is 7.79. The second-order valence-corrected chi connectivity index (χ2v) is 6.00. The lowest BCUT2D eigenvalue weighted by Gasteiger charge is -2.39. The lowest BCUT2D eigenvalue weighted by molar-refractivity contribution is -0.344. The van der Waals surface area contributed by atoms with Gasteiger partial charge in [0.15, 0.2) is 0 Å². The minimum atomic E-state index is -6.86. The maximum atomic E-state index is 13.6. The summed E-state index contributed by atoms with van der Waals surface area (Å²) in [5.74, 6) is -19.5. The summed E-state index contributed by atoms with van der Waals surface area (Å²) in [6.07, 6.45) is -13.5. The van der Waals surface area contributed by atoms with Gasteiger partial charge in [-0.3, -0.25) is 4.79 Å². The van der Waals surface area contributed by atoms with E-state index in [1.165, 1.54) is 0 Å². The Hall–Kier alpha value is -2.82. The molecule has 1 aliphatic heterocycles. The van der Waals surface area contributed by atoms with Crippen LogP contribution in [0, 0.1) is 0 Å². The first-order chi connectivity index (χ1) is 14.0. The van der Waals surface area contributed by atoms with E-state index in [9.17, 15) is 50.5 Å². The highest BCUT2D eigenvalue weighted by atomic mass is 19.4. The molecule has 0 aromatic carbocycles. The van der Waals surface area contributed by atoms with Crippen molar-refractivity contribution in [3.8, 4) is 0 Å². The number of azide groups is 1. The minimum Gasteiger partial charge on any atom is -0.478 e. The third-order valence-electron chi connectivity index (χ3n) is 3.95. The Morgan fingerprint density at radius 3 is 2.19 bits per heavy atom. The number of rotatable bonds is 8. The third kappa shape index (κ3) is 5.09. The number of carbonyl (C=O) groups is 2. The van der Waals surface area contributed by atoms with Gasteiger partial charge >= 0.3 is 24.0 Å². The maximum absolute atomic E-state index is 13.6. The van der Waals surface area contributed by atoms with Crippen LogP contribution in [0.1, 0.15) is 0 Å². The summed E-state index contributed by atoms with van der Waals surface area (Å²) in [4.78, 5) is 24.9. The van der Waals surface area contributed by atoms with Gasteiger partial charge in [0.05, 0.1) is 18.7 Å². The predicted molar refractivity (Wildman–Crippen MR) is 80.5 cm³/mol. The average Bonchev–Trinajstić information content (AvgIpc) is 2.66. The van der Waals surface area contributed by atoms with Crippen molar-refractivity contribution in [1.82, 2.24) is 5.32 Å². The van der Waals surface area contributed by atoms with E-state index < -0.39 is 72.7 Å². The molecule has 1 rings (SSSR count). The van der Waals surface area contributed by atoms with E-state index in [2.05, 4.69) is 14.8 Å². The summed E-state index contributed by atoms with van der Waals surface area (Å²) in [5.41, 5.74) is 8.53. The molecule has 176 valence electrons. The SMILES string of the molecule is [N-]=[N+]=N[C@H]1C=C(C(=O)O)O[C@@H]([C@@H](O)[C@H](O)CO)[C@H]1NC(=O)C(F)(F)C(F)(F)C(F)(F)F. The predicted octanol–water partition coefficient (Wildman–Crippen LogP) is 0.0644. The molecule has 0 bridgehead atoms. The summed E-state index contributed by atoms with van der Waals surface area (Å²) < 4.78 is 95.0. The Bertz CT molecular complexity index is 785. The number of ether oxygens (including phenoxy) is 1. The van der Waals surface area contributed by atoms with Gasteiger partial charge in [0.25, 0.3) is 5.91 Å². The molecule has 0 spiro atoms. The second kappa shape index (κ2) is 9.13. The second-order valence-electron chi connectivity index (χ2n) is 6.00. The molecule has 11 nitrogen and oxygen atoms in total. The van der Waals surface area contributed by atoms with Crippen LogP contribution in [0.5, 0.6) is 0 Å². The smallest absolute Gasteiger partial charge is 0.460 e. The molecule has 0 saturated carbocycles. The molecule has 5 N–H and O–H groups in total. The molecule has 0 aliphatic carbocycles. The van der Waals surface area contributed by atoms with Gasteiger partial charge < -0.3 is 30.5 Å². The quantitative estimate of drug-likeness (QED) is 0.144. The van der Waals surface area contributed by atoms with Gasteiger partial charge in [-0.2, -0.15) is 30.7 Å². The van der Waals surface area contributed by atoms with Crippen LogP contribution in [0.3, 0.4) is 0 Å².